The summed E-state index contributed by atoms with van der Waals surface area (Å²) in [6, 6.07) is 24.4. The molecule has 4 rings (SSSR count). The summed E-state index contributed by atoms with van der Waals surface area (Å²) in [5, 5.41) is 9.94. The van der Waals surface area contributed by atoms with E-state index in [0.29, 0.717) is 27.3 Å². The number of nitrogens with zero attached hydrogens (tertiary/aromatic N) is 3. The van der Waals surface area contributed by atoms with Gasteiger partial charge in [0.05, 0.1) is 17.9 Å². The summed E-state index contributed by atoms with van der Waals surface area (Å²) in [6.07, 6.45) is 0. The van der Waals surface area contributed by atoms with Crippen molar-refractivity contribution in [2.75, 3.05) is 12.9 Å². The topological polar surface area (TPSA) is 57.0 Å². The van der Waals surface area contributed by atoms with Gasteiger partial charge in [-0.3, -0.25) is 9.36 Å². The van der Waals surface area contributed by atoms with Crippen molar-refractivity contribution in [3.8, 4) is 22.8 Å². The van der Waals surface area contributed by atoms with Gasteiger partial charge in [0.2, 0.25) is 0 Å². The fourth-order valence-corrected chi connectivity index (χ4v) is 4.05. The van der Waals surface area contributed by atoms with Crippen LogP contribution < -0.4 is 4.74 Å². The van der Waals surface area contributed by atoms with E-state index in [1.807, 2.05) is 59.2 Å². The molecule has 1 aromatic heterocycles. The normalized spacial score (nSPS) is 10.7. The zero-order chi connectivity index (χ0) is 20.9. The van der Waals surface area contributed by atoms with Crippen molar-refractivity contribution in [1.82, 2.24) is 14.8 Å². The van der Waals surface area contributed by atoms with Crippen molar-refractivity contribution in [1.29, 1.82) is 0 Å². The molecule has 0 aliphatic carbocycles. The summed E-state index contributed by atoms with van der Waals surface area (Å²) < 4.78 is 7.07. The molecule has 7 heteroatoms. The third-order valence-electron chi connectivity index (χ3n) is 4.51. The van der Waals surface area contributed by atoms with Gasteiger partial charge in [-0.2, -0.15) is 0 Å². The lowest BCUT2D eigenvalue weighted by molar-refractivity contribution is 0.102. The second-order valence-corrected chi connectivity index (χ2v) is 7.75. The minimum Gasteiger partial charge on any atom is -0.497 e. The Labute approximate surface area is 183 Å². The first-order chi connectivity index (χ1) is 14.7. The number of para-hydroxylation sites is 1. The molecule has 4 aromatic rings. The summed E-state index contributed by atoms with van der Waals surface area (Å²) >= 11 is 7.75. The molecule has 0 fully saturated rings. The molecule has 0 amide bonds. The van der Waals surface area contributed by atoms with E-state index in [0.717, 1.165) is 11.3 Å². The zero-order valence-electron chi connectivity index (χ0n) is 16.2. The summed E-state index contributed by atoms with van der Waals surface area (Å²) in [4.78, 5) is 12.7. The third kappa shape index (κ3) is 4.25. The van der Waals surface area contributed by atoms with Crippen molar-refractivity contribution < 1.29 is 9.53 Å². The Morgan fingerprint density at radius 3 is 2.37 bits per heavy atom. The number of benzene rings is 3. The molecule has 3 aromatic carbocycles. The largest absolute Gasteiger partial charge is 0.497 e. The quantitative estimate of drug-likeness (QED) is 0.280. The number of hydrogen-bond acceptors (Lipinski definition) is 5. The maximum atomic E-state index is 12.7. The number of hydrogen-bond donors (Lipinski definition) is 0. The smallest absolute Gasteiger partial charge is 0.196 e. The van der Waals surface area contributed by atoms with Crippen molar-refractivity contribution in [2.24, 2.45) is 0 Å². The zero-order valence-corrected chi connectivity index (χ0v) is 17.7. The number of carbonyl (C=O) groups is 1. The Morgan fingerprint density at radius 2 is 1.67 bits per heavy atom. The number of carbonyl (C=O) groups excluding carboxylic acids is 1. The van der Waals surface area contributed by atoms with Crippen LogP contribution in [-0.2, 0) is 0 Å². The van der Waals surface area contributed by atoms with E-state index >= 15 is 0 Å². The average Bonchev–Trinajstić information content (AvgIpc) is 3.22. The highest BCUT2D eigenvalue weighted by atomic mass is 35.5. The molecule has 0 unspecified atom stereocenters. The lowest BCUT2D eigenvalue weighted by Gasteiger charge is -2.11. The Morgan fingerprint density at radius 1 is 0.967 bits per heavy atom. The van der Waals surface area contributed by atoms with Gasteiger partial charge in [-0.1, -0.05) is 53.7 Å². The number of methoxy groups -OCH3 is 1. The first-order valence-electron chi connectivity index (χ1n) is 9.23. The summed E-state index contributed by atoms with van der Waals surface area (Å²) in [5.41, 5.74) is 2.31. The first kappa shape index (κ1) is 20.2. The molecule has 0 spiro atoms. The fourth-order valence-electron chi connectivity index (χ4n) is 2.98. The van der Waals surface area contributed by atoms with Gasteiger partial charge < -0.3 is 4.74 Å². The number of rotatable bonds is 7. The Hall–Kier alpha value is -3.09. The van der Waals surface area contributed by atoms with Crippen LogP contribution in [0, 0.1) is 0 Å². The van der Waals surface area contributed by atoms with E-state index in [1.165, 1.54) is 11.8 Å². The molecule has 5 nitrogen and oxygen atoms in total. The SMILES string of the molecule is COc1ccc(C(=O)CSc2nnc(-c3ccccc3Cl)n2-c2ccccc2)cc1. The highest BCUT2D eigenvalue weighted by Crippen LogP contribution is 2.32. The van der Waals surface area contributed by atoms with E-state index in [2.05, 4.69) is 10.2 Å². The number of Topliss-reactive ketones (excluding diaryl/α,β-unsaturated/α-hetero) is 1. The van der Waals surface area contributed by atoms with Gasteiger partial charge in [-0.25, -0.2) is 0 Å². The van der Waals surface area contributed by atoms with Crippen molar-refractivity contribution >= 4 is 29.1 Å². The second-order valence-electron chi connectivity index (χ2n) is 6.40. The van der Waals surface area contributed by atoms with E-state index in [-0.39, 0.29) is 11.5 Å². The van der Waals surface area contributed by atoms with Crippen LogP contribution in [0.25, 0.3) is 17.1 Å². The highest BCUT2D eigenvalue weighted by molar-refractivity contribution is 7.99. The minimum atomic E-state index is 0.00422. The molecule has 0 bridgehead atoms. The van der Waals surface area contributed by atoms with Crippen LogP contribution in [0.2, 0.25) is 5.02 Å². The number of ether oxygens (including phenoxy) is 1. The second kappa shape index (κ2) is 9.15. The lowest BCUT2D eigenvalue weighted by Crippen LogP contribution is -2.05. The van der Waals surface area contributed by atoms with Crippen LogP contribution in [-0.4, -0.2) is 33.4 Å². The molecule has 30 heavy (non-hydrogen) atoms. The van der Waals surface area contributed by atoms with Gasteiger partial charge >= 0.3 is 0 Å². The molecule has 0 aliphatic rings. The van der Waals surface area contributed by atoms with Gasteiger partial charge in [-0.15, -0.1) is 10.2 Å². The molecule has 0 aliphatic heterocycles. The van der Waals surface area contributed by atoms with Crippen molar-refractivity contribution in [3.05, 3.63) is 89.4 Å². The van der Waals surface area contributed by atoms with Crippen molar-refractivity contribution in [2.45, 2.75) is 5.16 Å². The summed E-state index contributed by atoms with van der Waals surface area (Å²) in [7, 11) is 1.60. The highest BCUT2D eigenvalue weighted by Gasteiger charge is 2.19. The molecule has 0 saturated heterocycles. The average molecular weight is 436 g/mol. The predicted octanol–water partition coefficient (Wildman–Crippen LogP) is 5.57. The molecule has 150 valence electrons. The van der Waals surface area contributed by atoms with E-state index < -0.39 is 0 Å². The molecule has 1 heterocycles. The molecule has 0 atom stereocenters. The molecule has 0 saturated carbocycles. The van der Waals surface area contributed by atoms with Gasteiger partial charge in [0.15, 0.2) is 16.8 Å². The monoisotopic (exact) mass is 435 g/mol. The van der Waals surface area contributed by atoms with Crippen LogP contribution in [0.5, 0.6) is 5.75 Å². The van der Waals surface area contributed by atoms with Crippen LogP contribution >= 0.6 is 23.4 Å². The van der Waals surface area contributed by atoms with Gasteiger partial charge in [0, 0.05) is 16.8 Å². The maximum absolute atomic E-state index is 12.7. The lowest BCUT2D eigenvalue weighted by atomic mass is 10.1. The molecular weight excluding hydrogens is 418 g/mol. The van der Waals surface area contributed by atoms with E-state index in [1.54, 1.807) is 31.4 Å². The standard InChI is InChI=1S/C23H18ClN3O2S/c1-29-18-13-11-16(12-14-18)21(28)15-30-23-26-25-22(19-9-5-6-10-20(19)24)27(23)17-7-3-2-4-8-17/h2-14H,15H2,1H3. The molecule has 0 N–H and O–H groups in total. The van der Waals surface area contributed by atoms with Gasteiger partial charge in [0.1, 0.15) is 5.75 Å². The number of aromatic nitrogens is 3. The Balaban J connectivity index is 1.65. The van der Waals surface area contributed by atoms with Gasteiger partial charge in [-0.05, 0) is 48.5 Å². The number of ketones is 1. The van der Waals surface area contributed by atoms with Crippen LogP contribution in [0.4, 0.5) is 0 Å². The number of thioether (sulfide) groups is 1. The Kier molecular flexibility index (Phi) is 6.16. The fraction of sp³-hybridized carbons (Fsp3) is 0.0870. The van der Waals surface area contributed by atoms with Crippen LogP contribution in [0.3, 0.4) is 0 Å². The number of halogens is 1. The van der Waals surface area contributed by atoms with E-state index in [9.17, 15) is 4.79 Å². The Bertz CT molecular complexity index is 1160. The van der Waals surface area contributed by atoms with Crippen molar-refractivity contribution in [3.63, 3.8) is 0 Å². The summed E-state index contributed by atoms with van der Waals surface area (Å²) in [5.74, 6) is 1.59. The minimum absolute atomic E-state index is 0.00422. The summed E-state index contributed by atoms with van der Waals surface area (Å²) in [6.45, 7) is 0. The molecule has 0 radical (unpaired) electrons. The first-order valence-corrected chi connectivity index (χ1v) is 10.6. The maximum Gasteiger partial charge on any atom is 0.196 e. The third-order valence-corrected chi connectivity index (χ3v) is 5.77. The van der Waals surface area contributed by atoms with Gasteiger partial charge in [0.25, 0.3) is 0 Å². The predicted molar refractivity (Wildman–Crippen MR) is 120 cm³/mol. The van der Waals surface area contributed by atoms with Crippen LogP contribution in [0.1, 0.15) is 10.4 Å². The van der Waals surface area contributed by atoms with Crippen LogP contribution in [0.15, 0.2) is 84.0 Å². The van der Waals surface area contributed by atoms with E-state index in [4.69, 9.17) is 16.3 Å². The molecular formula is C23H18ClN3O2S.